The molecule has 0 amide bonds. The number of nitrogens with zero attached hydrogens (tertiary/aromatic N) is 2. The largest absolute Gasteiger partial charge is 0.453 e. The van der Waals surface area contributed by atoms with Crippen LogP contribution in [0.5, 0.6) is 11.5 Å². The van der Waals surface area contributed by atoms with Crippen LogP contribution in [-0.2, 0) is 6.42 Å². The maximum Gasteiger partial charge on any atom is 0.152 e. The van der Waals surface area contributed by atoms with Crippen LogP contribution in [0.15, 0.2) is 218 Å². The number of anilines is 3. The fraction of sp³-hybridized carbons (Fsp3) is 0.0164. The highest BCUT2D eigenvalue weighted by molar-refractivity contribution is 6.23. The van der Waals surface area contributed by atoms with Crippen LogP contribution in [0.1, 0.15) is 11.1 Å². The van der Waals surface area contributed by atoms with Crippen molar-refractivity contribution in [2.75, 3.05) is 4.90 Å². The lowest BCUT2D eigenvalue weighted by molar-refractivity contribution is 0.477. The van der Waals surface area contributed by atoms with Crippen molar-refractivity contribution in [1.82, 2.24) is 4.57 Å². The zero-order valence-electron chi connectivity index (χ0n) is 34.8. The minimum atomic E-state index is 0.824. The first-order valence-corrected chi connectivity index (χ1v) is 22.1. The lowest BCUT2D eigenvalue weighted by Gasteiger charge is -2.35. The molecule has 0 unspecified atom stereocenters. The van der Waals surface area contributed by atoms with Gasteiger partial charge in [0.05, 0.1) is 28.1 Å². The predicted molar refractivity (Wildman–Crippen MR) is 267 cm³/mol. The van der Waals surface area contributed by atoms with Crippen molar-refractivity contribution in [2.45, 2.75) is 6.42 Å². The molecule has 64 heavy (non-hydrogen) atoms. The minimum absolute atomic E-state index is 0.824. The number of fused-ring (bicyclic) bond motifs is 12. The highest BCUT2D eigenvalue weighted by Crippen LogP contribution is 2.55. The Bertz CT molecular complexity index is 3860. The normalized spacial score (nSPS) is 12.7. The van der Waals surface area contributed by atoms with Crippen LogP contribution in [0.25, 0.3) is 93.2 Å². The van der Waals surface area contributed by atoms with E-state index in [9.17, 15) is 0 Å². The maximum absolute atomic E-state index is 6.87. The summed E-state index contributed by atoms with van der Waals surface area (Å²) < 4.78 is 9.31. The summed E-state index contributed by atoms with van der Waals surface area (Å²) in [5.41, 5.74) is 17.0. The van der Waals surface area contributed by atoms with Crippen LogP contribution in [-0.4, -0.2) is 4.57 Å². The van der Waals surface area contributed by atoms with Gasteiger partial charge in [-0.05, 0) is 127 Å². The molecular weight excluding hydrogens is 777 g/mol. The smallest absolute Gasteiger partial charge is 0.152 e. The van der Waals surface area contributed by atoms with Gasteiger partial charge in [0, 0.05) is 27.2 Å². The molecule has 1 aromatic heterocycles. The summed E-state index contributed by atoms with van der Waals surface area (Å²) in [6.45, 7) is 0. The molecule has 0 saturated heterocycles. The summed E-state index contributed by atoms with van der Waals surface area (Å²) in [5, 5.41) is 9.87. The second-order valence-electron chi connectivity index (χ2n) is 17.2. The van der Waals surface area contributed by atoms with Crippen molar-refractivity contribution in [3.63, 3.8) is 0 Å². The molecule has 11 aromatic carbocycles. The van der Waals surface area contributed by atoms with E-state index >= 15 is 0 Å². The van der Waals surface area contributed by atoms with Crippen molar-refractivity contribution in [2.24, 2.45) is 0 Å². The molecule has 0 spiro atoms. The minimum Gasteiger partial charge on any atom is -0.453 e. The highest BCUT2D eigenvalue weighted by atomic mass is 16.5. The lowest BCUT2D eigenvalue weighted by Crippen LogP contribution is -2.16. The fourth-order valence-electron chi connectivity index (χ4n) is 10.9. The molecule has 3 nitrogen and oxygen atoms in total. The summed E-state index contributed by atoms with van der Waals surface area (Å²) in [4.78, 5) is 2.42. The molecule has 0 N–H and O–H groups in total. The molecule has 0 saturated carbocycles. The molecular formula is C61H38N2O. The van der Waals surface area contributed by atoms with Crippen LogP contribution in [0, 0.1) is 0 Å². The van der Waals surface area contributed by atoms with Gasteiger partial charge in [-0.15, -0.1) is 0 Å². The van der Waals surface area contributed by atoms with E-state index in [1.807, 2.05) is 0 Å². The summed E-state index contributed by atoms with van der Waals surface area (Å²) in [6.07, 6.45) is 0.963. The van der Waals surface area contributed by atoms with Crippen molar-refractivity contribution in [3.05, 3.63) is 230 Å². The molecule has 12 aromatic rings. The standard InChI is InChI=1S/C61H38N2O/c1-2-14-39(15-3-1)60-47-19-6-8-21-49(47)61(50-22-9-7-20-48(50)60)63-56-24-12-13-25-58(56)64-59-36-41(29-33-57(59)63)40-28-32-55-53(34-40)46-18-10-11-23-54(46)62(55)43-30-26-38-27-31-45-44-17-5-4-16-42(44)35-52(45)51(38)37-43/h1-34,36-37H,35H2. The summed E-state index contributed by atoms with van der Waals surface area (Å²) in [6, 6.07) is 79.8. The van der Waals surface area contributed by atoms with E-state index in [0.29, 0.717) is 0 Å². The van der Waals surface area contributed by atoms with Crippen LogP contribution in [0.3, 0.4) is 0 Å². The average molecular weight is 815 g/mol. The second kappa shape index (κ2) is 13.5. The van der Waals surface area contributed by atoms with Gasteiger partial charge in [0.1, 0.15) is 0 Å². The Kier molecular flexibility index (Phi) is 7.46. The number of hydrogen-bond acceptors (Lipinski definition) is 2. The zero-order chi connectivity index (χ0) is 41.9. The highest BCUT2D eigenvalue weighted by Gasteiger charge is 2.30. The summed E-state index contributed by atoms with van der Waals surface area (Å²) in [7, 11) is 0. The van der Waals surface area contributed by atoms with Crippen LogP contribution in [0.4, 0.5) is 17.1 Å². The molecule has 3 heteroatoms. The van der Waals surface area contributed by atoms with Crippen molar-refractivity contribution < 1.29 is 4.74 Å². The Morgan fingerprint density at radius 2 is 1.02 bits per heavy atom. The number of benzene rings is 11. The van der Waals surface area contributed by atoms with E-state index < -0.39 is 0 Å². The predicted octanol–water partition coefficient (Wildman–Crippen LogP) is 16.7. The van der Waals surface area contributed by atoms with Gasteiger partial charge in [-0.3, -0.25) is 0 Å². The molecule has 14 rings (SSSR count). The third-order valence-corrected chi connectivity index (χ3v) is 13.8. The van der Waals surface area contributed by atoms with E-state index in [-0.39, 0.29) is 0 Å². The van der Waals surface area contributed by atoms with Crippen LogP contribution < -0.4 is 9.64 Å². The fourth-order valence-corrected chi connectivity index (χ4v) is 10.9. The van der Waals surface area contributed by atoms with Gasteiger partial charge >= 0.3 is 0 Å². The Labute approximate surface area is 370 Å². The third-order valence-electron chi connectivity index (χ3n) is 13.8. The molecule has 0 bridgehead atoms. The molecule has 2 heterocycles. The number of ether oxygens (including phenoxy) is 1. The number of rotatable bonds is 4. The lowest BCUT2D eigenvalue weighted by atomic mass is 9.89. The first-order chi connectivity index (χ1) is 31.7. The van der Waals surface area contributed by atoms with E-state index in [1.165, 1.54) is 93.2 Å². The van der Waals surface area contributed by atoms with Gasteiger partial charge in [-0.25, -0.2) is 0 Å². The molecule has 298 valence electrons. The van der Waals surface area contributed by atoms with Crippen molar-refractivity contribution in [3.8, 4) is 50.6 Å². The van der Waals surface area contributed by atoms with E-state index in [2.05, 4.69) is 228 Å². The van der Waals surface area contributed by atoms with E-state index in [1.54, 1.807) is 0 Å². The Balaban J connectivity index is 0.924. The zero-order valence-corrected chi connectivity index (χ0v) is 34.8. The van der Waals surface area contributed by atoms with Gasteiger partial charge in [0.25, 0.3) is 0 Å². The number of hydrogen-bond donors (Lipinski definition) is 0. The van der Waals surface area contributed by atoms with Gasteiger partial charge in [-0.2, -0.15) is 0 Å². The van der Waals surface area contributed by atoms with Gasteiger partial charge in [-0.1, -0.05) is 164 Å². The topological polar surface area (TPSA) is 17.4 Å². The maximum atomic E-state index is 6.87. The SMILES string of the molecule is c1ccc(-c2c3ccccc3c(N3c4ccccc4Oc4cc(-c5ccc6c(c5)c5ccccc5n6-c5ccc6ccc7c(c6c5)Cc5ccccc5-7)ccc43)c3ccccc23)cc1. The van der Waals surface area contributed by atoms with E-state index in [4.69, 9.17) is 4.74 Å². The summed E-state index contributed by atoms with van der Waals surface area (Å²) in [5.74, 6) is 1.65. The summed E-state index contributed by atoms with van der Waals surface area (Å²) >= 11 is 0. The van der Waals surface area contributed by atoms with Gasteiger partial charge in [0.2, 0.25) is 0 Å². The van der Waals surface area contributed by atoms with Gasteiger partial charge < -0.3 is 14.2 Å². The monoisotopic (exact) mass is 814 g/mol. The van der Waals surface area contributed by atoms with Crippen LogP contribution >= 0.6 is 0 Å². The van der Waals surface area contributed by atoms with Crippen molar-refractivity contribution in [1.29, 1.82) is 0 Å². The molecule has 2 aliphatic rings. The Morgan fingerprint density at radius 3 is 1.86 bits per heavy atom. The van der Waals surface area contributed by atoms with Crippen molar-refractivity contribution >= 4 is 71.2 Å². The molecule has 0 radical (unpaired) electrons. The number of aromatic nitrogens is 1. The molecule has 0 fully saturated rings. The Morgan fingerprint density at radius 1 is 0.375 bits per heavy atom. The Hall–Kier alpha value is -8.40. The first kappa shape index (κ1) is 35.2. The van der Waals surface area contributed by atoms with E-state index in [0.717, 1.165) is 46.1 Å². The average Bonchev–Trinajstić information content (AvgIpc) is 3.91. The number of para-hydroxylation sites is 3. The molecule has 1 aliphatic carbocycles. The molecule has 1 aliphatic heterocycles. The first-order valence-electron chi connectivity index (χ1n) is 22.1. The van der Waals surface area contributed by atoms with Crippen LogP contribution in [0.2, 0.25) is 0 Å². The second-order valence-corrected chi connectivity index (χ2v) is 17.2. The van der Waals surface area contributed by atoms with Gasteiger partial charge in [0.15, 0.2) is 11.5 Å². The quantitative estimate of drug-likeness (QED) is 0.165. The molecule has 0 atom stereocenters. The third kappa shape index (κ3) is 5.10.